The van der Waals surface area contributed by atoms with E-state index in [1.54, 1.807) is 28.4 Å². The highest BCUT2D eigenvalue weighted by Crippen LogP contribution is 2.34. The van der Waals surface area contributed by atoms with Gasteiger partial charge in [0.05, 0.1) is 19.2 Å². The normalized spacial score (nSPS) is 19.5. The van der Waals surface area contributed by atoms with Crippen LogP contribution in [0, 0.1) is 17.0 Å². The van der Waals surface area contributed by atoms with Gasteiger partial charge in [-0.15, -0.1) is 0 Å². The Morgan fingerprint density at radius 1 is 1.34 bits per heavy atom. The number of nitrogens with one attached hydrogen (secondary N) is 3. The van der Waals surface area contributed by atoms with Crippen LogP contribution >= 0.6 is 0 Å². The van der Waals surface area contributed by atoms with Crippen LogP contribution in [0.3, 0.4) is 0 Å². The topological polar surface area (TPSA) is 110 Å². The molecule has 2 aromatic rings. The molecule has 3 N–H and O–H groups in total. The number of aromatic amines is 1. The van der Waals surface area contributed by atoms with E-state index in [4.69, 9.17) is 10.1 Å². The molecule has 0 aliphatic carbocycles. The SMILES string of the molecule is CO/C(CN1CCCC1=O)=N\C(=N)C1=CNC2C=CC(c3c[nH]nc3-c3c(F)cccc3F)=CN12. The van der Waals surface area contributed by atoms with Crippen LogP contribution in [0.1, 0.15) is 18.4 Å². The summed E-state index contributed by atoms with van der Waals surface area (Å²) < 4.78 is 34.2. The van der Waals surface area contributed by atoms with Gasteiger partial charge in [-0.25, -0.2) is 8.78 Å². The van der Waals surface area contributed by atoms with Crippen molar-refractivity contribution < 1.29 is 18.3 Å². The van der Waals surface area contributed by atoms with E-state index in [0.29, 0.717) is 29.8 Å². The van der Waals surface area contributed by atoms with Crippen molar-refractivity contribution in [2.24, 2.45) is 4.99 Å². The average Bonchev–Trinajstić information content (AvgIpc) is 3.58. The first-order chi connectivity index (χ1) is 17.0. The maximum absolute atomic E-state index is 14.4. The smallest absolute Gasteiger partial charge is 0.223 e. The number of ether oxygens (including phenoxy) is 1. The van der Waals surface area contributed by atoms with Crippen LogP contribution in [-0.4, -0.2) is 64.0 Å². The number of aliphatic imine (C=N–C) groups is 1. The van der Waals surface area contributed by atoms with Gasteiger partial charge in [-0.1, -0.05) is 12.1 Å². The third-order valence-corrected chi connectivity index (χ3v) is 6.07. The summed E-state index contributed by atoms with van der Waals surface area (Å²) >= 11 is 0. The summed E-state index contributed by atoms with van der Waals surface area (Å²) in [5.41, 5.74) is 1.57. The number of halogens is 2. The lowest BCUT2D eigenvalue weighted by atomic mass is 9.99. The number of aromatic nitrogens is 2. The van der Waals surface area contributed by atoms with E-state index in [1.807, 2.05) is 12.2 Å². The number of benzene rings is 1. The fraction of sp³-hybridized carbons (Fsp3) is 0.250. The molecule has 180 valence electrons. The van der Waals surface area contributed by atoms with Gasteiger partial charge in [-0.3, -0.25) is 15.3 Å². The van der Waals surface area contributed by atoms with Gasteiger partial charge in [0.1, 0.15) is 29.2 Å². The quantitative estimate of drug-likeness (QED) is 0.451. The lowest BCUT2D eigenvalue weighted by Crippen LogP contribution is -2.35. The van der Waals surface area contributed by atoms with E-state index < -0.39 is 11.6 Å². The van der Waals surface area contributed by atoms with Crippen molar-refractivity contribution in [3.05, 3.63) is 71.8 Å². The molecule has 1 fully saturated rings. The molecule has 4 heterocycles. The minimum Gasteiger partial charge on any atom is -0.483 e. The lowest BCUT2D eigenvalue weighted by molar-refractivity contribution is -0.127. The molecule has 1 saturated heterocycles. The van der Waals surface area contributed by atoms with Gasteiger partial charge in [-0.2, -0.15) is 10.1 Å². The molecule has 1 amide bonds. The second kappa shape index (κ2) is 9.16. The van der Waals surface area contributed by atoms with Crippen molar-refractivity contribution in [1.82, 2.24) is 25.3 Å². The summed E-state index contributed by atoms with van der Waals surface area (Å²) in [4.78, 5) is 19.7. The number of hydrogen-bond donors (Lipinski definition) is 3. The molecule has 3 aliphatic rings. The van der Waals surface area contributed by atoms with Crippen LogP contribution in [0.25, 0.3) is 16.8 Å². The third kappa shape index (κ3) is 4.20. The fourth-order valence-electron chi connectivity index (χ4n) is 4.29. The number of amidine groups is 1. The number of methoxy groups -OCH3 is 1. The predicted octanol–water partition coefficient (Wildman–Crippen LogP) is 2.98. The van der Waals surface area contributed by atoms with E-state index in [-0.39, 0.29) is 41.6 Å². The maximum atomic E-state index is 14.4. The number of allylic oxidation sites excluding steroid dienone is 2. The number of rotatable bonds is 5. The van der Waals surface area contributed by atoms with Gasteiger partial charge in [0, 0.05) is 42.7 Å². The number of amides is 1. The van der Waals surface area contributed by atoms with E-state index in [2.05, 4.69) is 20.5 Å². The Kier molecular flexibility index (Phi) is 5.89. The van der Waals surface area contributed by atoms with Gasteiger partial charge >= 0.3 is 0 Å². The molecule has 0 spiro atoms. The number of H-pyrrole nitrogens is 1. The molecule has 0 bridgehead atoms. The number of carbonyl (C=O) groups excluding carboxylic acids is 1. The highest BCUT2D eigenvalue weighted by atomic mass is 19.1. The van der Waals surface area contributed by atoms with Crippen LogP contribution in [0.15, 0.2) is 59.6 Å². The Morgan fingerprint density at radius 3 is 2.86 bits per heavy atom. The molecular formula is C24H23F2N7O2. The second-order valence-electron chi connectivity index (χ2n) is 8.21. The number of hydrogen-bond acceptors (Lipinski definition) is 6. The number of fused-ring (bicyclic) bond motifs is 1. The zero-order valence-corrected chi connectivity index (χ0v) is 18.9. The van der Waals surface area contributed by atoms with E-state index in [0.717, 1.165) is 6.42 Å². The first-order valence-corrected chi connectivity index (χ1v) is 11.1. The Balaban J connectivity index is 1.41. The highest BCUT2D eigenvalue weighted by molar-refractivity contribution is 6.04. The molecular weight excluding hydrogens is 456 g/mol. The summed E-state index contributed by atoms with van der Waals surface area (Å²) in [5.74, 6) is -1.17. The molecule has 35 heavy (non-hydrogen) atoms. The van der Waals surface area contributed by atoms with E-state index in [9.17, 15) is 13.6 Å². The Hall–Kier alpha value is -4.28. The van der Waals surface area contributed by atoms with Gasteiger partial charge in [0.25, 0.3) is 0 Å². The van der Waals surface area contributed by atoms with Crippen LogP contribution in [-0.2, 0) is 9.53 Å². The maximum Gasteiger partial charge on any atom is 0.223 e. The zero-order valence-electron chi connectivity index (χ0n) is 18.9. The van der Waals surface area contributed by atoms with Crippen molar-refractivity contribution in [3.63, 3.8) is 0 Å². The van der Waals surface area contributed by atoms with Crippen LogP contribution in [0.5, 0.6) is 0 Å². The molecule has 9 nitrogen and oxygen atoms in total. The first kappa shape index (κ1) is 22.5. The largest absolute Gasteiger partial charge is 0.483 e. The van der Waals surface area contributed by atoms with E-state index >= 15 is 0 Å². The standard InChI is InChI=1S/C24H23F2N7O2/c1-35-20(13-32-9-3-6-21(32)34)30-24(27)18-11-28-19-8-7-14(12-33(18)19)15-10-29-31-23(15)22-16(25)4-2-5-17(22)26/h2,4-5,7-8,10-12,19,27-28H,3,6,9,13H2,1H3,(H,29,31)/b27-24?,30-20-. The average molecular weight is 479 g/mol. The minimum absolute atomic E-state index is 0.0408. The Labute approximate surface area is 200 Å². The molecule has 0 radical (unpaired) electrons. The van der Waals surface area contributed by atoms with Crippen molar-refractivity contribution in [3.8, 4) is 11.3 Å². The van der Waals surface area contributed by atoms with Gasteiger partial charge in [0.15, 0.2) is 5.84 Å². The third-order valence-electron chi connectivity index (χ3n) is 6.07. The van der Waals surface area contributed by atoms with Crippen LogP contribution in [0.2, 0.25) is 0 Å². The molecule has 3 aliphatic heterocycles. The summed E-state index contributed by atoms with van der Waals surface area (Å²) in [6.45, 7) is 0.842. The summed E-state index contributed by atoms with van der Waals surface area (Å²) in [6.07, 6.45) is 9.75. The first-order valence-electron chi connectivity index (χ1n) is 11.1. The van der Waals surface area contributed by atoms with Gasteiger partial charge in [-0.05, 0) is 24.6 Å². The van der Waals surface area contributed by atoms with Crippen LogP contribution in [0.4, 0.5) is 8.78 Å². The van der Waals surface area contributed by atoms with Gasteiger partial charge < -0.3 is 19.9 Å². The molecule has 1 aromatic carbocycles. The summed E-state index contributed by atoms with van der Waals surface area (Å²) in [7, 11) is 1.46. The second-order valence-corrected chi connectivity index (χ2v) is 8.21. The number of nitrogens with zero attached hydrogens (tertiary/aromatic N) is 4. The molecule has 1 aromatic heterocycles. The monoisotopic (exact) mass is 479 g/mol. The Morgan fingerprint density at radius 2 is 2.14 bits per heavy atom. The van der Waals surface area contributed by atoms with Crippen LogP contribution < -0.4 is 5.32 Å². The molecule has 1 atom stereocenters. The van der Waals surface area contributed by atoms with Crippen molar-refractivity contribution in [2.45, 2.75) is 19.0 Å². The summed E-state index contributed by atoms with van der Waals surface area (Å²) in [6, 6.07) is 3.68. The van der Waals surface area contributed by atoms with Crippen molar-refractivity contribution in [1.29, 1.82) is 5.41 Å². The molecule has 11 heteroatoms. The zero-order chi connectivity index (χ0) is 24.5. The number of carbonyl (C=O) groups is 1. The fourth-order valence-corrected chi connectivity index (χ4v) is 4.29. The molecule has 5 rings (SSSR count). The Bertz CT molecular complexity index is 1290. The summed E-state index contributed by atoms with van der Waals surface area (Å²) in [5, 5.41) is 18.5. The molecule has 1 unspecified atom stereocenters. The number of likely N-dealkylation sites (tertiary alicyclic amines) is 1. The molecule has 0 saturated carbocycles. The highest BCUT2D eigenvalue weighted by Gasteiger charge is 2.30. The van der Waals surface area contributed by atoms with Crippen molar-refractivity contribution in [2.75, 3.05) is 20.2 Å². The predicted molar refractivity (Wildman–Crippen MR) is 126 cm³/mol. The van der Waals surface area contributed by atoms with Crippen molar-refractivity contribution >= 4 is 23.2 Å². The lowest BCUT2D eigenvalue weighted by Gasteiger charge is -2.27. The van der Waals surface area contributed by atoms with Gasteiger partial charge in [0.2, 0.25) is 11.8 Å². The minimum atomic E-state index is -0.709. The van der Waals surface area contributed by atoms with E-state index in [1.165, 1.54) is 25.3 Å².